The molecule has 0 bridgehead atoms. The maximum absolute atomic E-state index is 12.1. The average molecular weight is 357 g/mol. The van der Waals surface area contributed by atoms with Gasteiger partial charge in [0.05, 0.1) is 0 Å². The highest BCUT2D eigenvalue weighted by Gasteiger charge is 2.18. The summed E-state index contributed by atoms with van der Waals surface area (Å²) in [4.78, 5) is 25.5. The maximum Gasteiger partial charge on any atom is 0.223 e. The van der Waals surface area contributed by atoms with Gasteiger partial charge in [0, 0.05) is 41.7 Å². The number of anilines is 1. The fourth-order valence-electron chi connectivity index (χ4n) is 2.92. The van der Waals surface area contributed by atoms with E-state index in [0.717, 1.165) is 12.8 Å². The summed E-state index contributed by atoms with van der Waals surface area (Å²) in [6, 6.07) is 5.24. The average Bonchev–Trinajstić information content (AvgIpc) is 2.47. The first-order chi connectivity index (χ1) is 11.0. The van der Waals surface area contributed by atoms with Gasteiger partial charge in [-0.3, -0.25) is 9.59 Å². The molecule has 6 heteroatoms. The molecule has 2 rings (SSSR count). The first kappa shape index (κ1) is 18.1. The van der Waals surface area contributed by atoms with Crippen LogP contribution in [0.2, 0.25) is 10.0 Å². The molecule has 1 fully saturated rings. The van der Waals surface area contributed by atoms with Crippen molar-refractivity contribution >= 4 is 40.7 Å². The molecular weight excluding hydrogens is 335 g/mol. The zero-order chi connectivity index (χ0) is 16.8. The van der Waals surface area contributed by atoms with E-state index in [-0.39, 0.29) is 24.3 Å². The lowest BCUT2D eigenvalue weighted by Crippen LogP contribution is -2.39. The highest BCUT2D eigenvalue weighted by atomic mass is 35.5. The van der Waals surface area contributed by atoms with Crippen molar-refractivity contribution in [3.8, 4) is 0 Å². The molecule has 0 saturated heterocycles. The minimum Gasteiger partial charge on any atom is -0.353 e. The maximum atomic E-state index is 12.1. The SMILES string of the molecule is CC(=O)N(CCC(=O)NC1CCCCC1)c1cc(Cl)cc(Cl)c1. The summed E-state index contributed by atoms with van der Waals surface area (Å²) in [6.45, 7) is 1.78. The van der Waals surface area contributed by atoms with Gasteiger partial charge in [-0.2, -0.15) is 0 Å². The molecule has 1 saturated carbocycles. The van der Waals surface area contributed by atoms with Crippen molar-refractivity contribution in [3.05, 3.63) is 28.2 Å². The Hall–Kier alpha value is -1.26. The van der Waals surface area contributed by atoms with Crippen LogP contribution in [-0.4, -0.2) is 24.4 Å². The van der Waals surface area contributed by atoms with E-state index < -0.39 is 0 Å². The summed E-state index contributed by atoms with van der Waals surface area (Å²) in [7, 11) is 0. The summed E-state index contributed by atoms with van der Waals surface area (Å²) in [5.74, 6) is -0.162. The zero-order valence-corrected chi connectivity index (χ0v) is 14.8. The van der Waals surface area contributed by atoms with Gasteiger partial charge in [-0.1, -0.05) is 42.5 Å². The van der Waals surface area contributed by atoms with Crippen molar-refractivity contribution < 1.29 is 9.59 Å². The molecule has 1 aliphatic carbocycles. The van der Waals surface area contributed by atoms with Gasteiger partial charge >= 0.3 is 0 Å². The fraction of sp³-hybridized carbons (Fsp3) is 0.529. The standard InChI is InChI=1S/C17H22Cl2N2O2/c1-12(22)21(16-10-13(18)9-14(19)11-16)8-7-17(23)20-15-5-3-2-4-6-15/h9-11,15H,2-8H2,1H3,(H,20,23). The number of nitrogens with one attached hydrogen (secondary N) is 1. The lowest BCUT2D eigenvalue weighted by Gasteiger charge is -2.24. The number of benzene rings is 1. The van der Waals surface area contributed by atoms with Gasteiger partial charge < -0.3 is 10.2 Å². The molecule has 126 valence electrons. The minimum atomic E-state index is -0.145. The second-order valence-electron chi connectivity index (χ2n) is 5.95. The van der Waals surface area contributed by atoms with Crippen LogP contribution in [0.3, 0.4) is 0 Å². The zero-order valence-electron chi connectivity index (χ0n) is 13.3. The Labute approximate surface area is 147 Å². The number of nitrogens with zero attached hydrogens (tertiary/aromatic N) is 1. The summed E-state index contributed by atoms with van der Waals surface area (Å²) in [5.41, 5.74) is 0.612. The van der Waals surface area contributed by atoms with Crippen molar-refractivity contribution in [2.45, 2.75) is 51.5 Å². The van der Waals surface area contributed by atoms with Gasteiger partial charge in [-0.25, -0.2) is 0 Å². The van der Waals surface area contributed by atoms with Crippen LogP contribution >= 0.6 is 23.2 Å². The van der Waals surface area contributed by atoms with E-state index in [1.54, 1.807) is 18.2 Å². The van der Waals surface area contributed by atoms with Gasteiger partial charge in [0.2, 0.25) is 11.8 Å². The molecule has 0 unspecified atom stereocenters. The van der Waals surface area contributed by atoms with Gasteiger partial charge in [0.25, 0.3) is 0 Å². The van der Waals surface area contributed by atoms with Crippen LogP contribution in [0.5, 0.6) is 0 Å². The molecule has 0 heterocycles. The molecule has 1 aromatic rings. The number of hydrogen-bond donors (Lipinski definition) is 1. The van der Waals surface area contributed by atoms with E-state index in [4.69, 9.17) is 23.2 Å². The van der Waals surface area contributed by atoms with Crippen LogP contribution in [0.15, 0.2) is 18.2 Å². The first-order valence-electron chi connectivity index (χ1n) is 7.99. The predicted molar refractivity (Wildman–Crippen MR) is 94.1 cm³/mol. The van der Waals surface area contributed by atoms with E-state index >= 15 is 0 Å². The van der Waals surface area contributed by atoms with Crippen LogP contribution in [0, 0.1) is 0 Å². The molecule has 0 atom stereocenters. The third-order valence-corrected chi connectivity index (χ3v) is 4.51. The molecular formula is C17H22Cl2N2O2. The molecule has 23 heavy (non-hydrogen) atoms. The van der Waals surface area contributed by atoms with Crippen molar-refractivity contribution in [2.75, 3.05) is 11.4 Å². The first-order valence-corrected chi connectivity index (χ1v) is 8.75. The normalized spacial score (nSPS) is 15.3. The number of carbonyl (C=O) groups is 2. The molecule has 1 N–H and O–H groups in total. The molecule has 0 aromatic heterocycles. The van der Waals surface area contributed by atoms with Crippen LogP contribution < -0.4 is 10.2 Å². The fourth-order valence-corrected chi connectivity index (χ4v) is 3.44. The van der Waals surface area contributed by atoms with Gasteiger partial charge in [-0.05, 0) is 31.0 Å². The molecule has 2 amide bonds. The largest absolute Gasteiger partial charge is 0.353 e. The quantitative estimate of drug-likeness (QED) is 0.859. The molecule has 0 spiro atoms. The van der Waals surface area contributed by atoms with Crippen LogP contribution in [0.25, 0.3) is 0 Å². The Balaban J connectivity index is 1.94. The Kier molecular flexibility index (Phi) is 6.72. The van der Waals surface area contributed by atoms with Crippen molar-refractivity contribution in [3.63, 3.8) is 0 Å². The summed E-state index contributed by atoms with van der Waals surface area (Å²) in [5, 5.41) is 3.99. The van der Waals surface area contributed by atoms with Crippen molar-refractivity contribution in [1.29, 1.82) is 0 Å². The number of carbonyl (C=O) groups excluding carboxylic acids is 2. The Bertz CT molecular complexity index is 551. The third kappa shape index (κ3) is 5.70. The topological polar surface area (TPSA) is 49.4 Å². The van der Waals surface area contributed by atoms with E-state index in [1.807, 2.05) is 0 Å². The predicted octanol–water partition coefficient (Wildman–Crippen LogP) is 4.19. The highest BCUT2D eigenvalue weighted by molar-refractivity contribution is 6.35. The van der Waals surface area contributed by atoms with E-state index in [9.17, 15) is 9.59 Å². The van der Waals surface area contributed by atoms with Crippen LogP contribution in [0.1, 0.15) is 45.4 Å². The minimum absolute atomic E-state index is 0.0173. The summed E-state index contributed by atoms with van der Waals surface area (Å²) in [6.07, 6.45) is 5.95. The number of amides is 2. The monoisotopic (exact) mass is 356 g/mol. The Morgan fingerprint density at radius 1 is 1.13 bits per heavy atom. The number of rotatable bonds is 5. The lowest BCUT2D eigenvalue weighted by atomic mass is 9.95. The molecule has 1 aliphatic rings. The highest BCUT2D eigenvalue weighted by Crippen LogP contribution is 2.26. The second kappa shape index (κ2) is 8.55. The molecule has 4 nitrogen and oxygen atoms in total. The number of hydrogen-bond acceptors (Lipinski definition) is 2. The summed E-state index contributed by atoms with van der Waals surface area (Å²) < 4.78 is 0. The lowest BCUT2D eigenvalue weighted by molar-refractivity contribution is -0.121. The smallest absolute Gasteiger partial charge is 0.223 e. The van der Waals surface area contributed by atoms with Crippen LogP contribution in [0.4, 0.5) is 5.69 Å². The van der Waals surface area contributed by atoms with E-state index in [2.05, 4.69) is 5.32 Å². The van der Waals surface area contributed by atoms with Gasteiger partial charge in [-0.15, -0.1) is 0 Å². The van der Waals surface area contributed by atoms with E-state index in [1.165, 1.54) is 31.1 Å². The number of halogens is 2. The second-order valence-corrected chi connectivity index (χ2v) is 6.82. The third-order valence-electron chi connectivity index (χ3n) is 4.07. The van der Waals surface area contributed by atoms with E-state index in [0.29, 0.717) is 22.3 Å². The van der Waals surface area contributed by atoms with Crippen molar-refractivity contribution in [2.24, 2.45) is 0 Å². The van der Waals surface area contributed by atoms with Crippen LogP contribution in [-0.2, 0) is 9.59 Å². The van der Waals surface area contributed by atoms with Crippen molar-refractivity contribution in [1.82, 2.24) is 5.32 Å². The molecule has 0 radical (unpaired) electrons. The van der Waals surface area contributed by atoms with Gasteiger partial charge in [0.15, 0.2) is 0 Å². The van der Waals surface area contributed by atoms with Gasteiger partial charge in [0.1, 0.15) is 0 Å². The molecule has 1 aromatic carbocycles. The Morgan fingerprint density at radius 3 is 2.30 bits per heavy atom. The Morgan fingerprint density at radius 2 is 1.74 bits per heavy atom. The summed E-state index contributed by atoms with van der Waals surface area (Å²) >= 11 is 12.0. The molecule has 0 aliphatic heterocycles.